The first kappa shape index (κ1) is 26.8. The number of halogens is 2. The molecule has 214 valence electrons. The first-order chi connectivity index (χ1) is 20.5. The number of anilines is 1. The molecule has 0 aliphatic heterocycles. The summed E-state index contributed by atoms with van der Waals surface area (Å²) in [4.78, 5) is 4.99. The number of sulfonamides is 1. The highest BCUT2D eigenvalue weighted by Gasteiger charge is 2.25. The van der Waals surface area contributed by atoms with Crippen molar-refractivity contribution in [3.8, 4) is 22.6 Å². The quantitative estimate of drug-likeness (QED) is 0.206. The molecule has 43 heavy (non-hydrogen) atoms. The summed E-state index contributed by atoms with van der Waals surface area (Å²) < 4.78 is 63.2. The Labute approximate surface area is 245 Å². The molecular formula is C33H24F2N4O3S. The summed E-state index contributed by atoms with van der Waals surface area (Å²) in [5.74, 6) is -0.357. The molecule has 7 aromatic rings. The fraction of sp³-hybridized carbons (Fsp3) is 0.0909. The van der Waals surface area contributed by atoms with Crippen molar-refractivity contribution in [1.82, 2.24) is 9.38 Å². The van der Waals surface area contributed by atoms with Crippen LogP contribution in [0.4, 0.5) is 14.5 Å². The first-order valence-electron chi connectivity index (χ1n) is 13.4. The van der Waals surface area contributed by atoms with Gasteiger partial charge in [0.25, 0.3) is 0 Å². The van der Waals surface area contributed by atoms with Crippen LogP contribution in [-0.4, -0.2) is 36.8 Å². The number of nitrogens with one attached hydrogen (secondary N) is 1. The van der Waals surface area contributed by atoms with Crippen LogP contribution in [0.5, 0.6) is 0 Å². The lowest BCUT2D eigenvalue weighted by molar-refractivity contribution is 0.600. The fourth-order valence-electron chi connectivity index (χ4n) is 5.63. The lowest BCUT2D eigenvalue weighted by atomic mass is 9.99. The molecule has 0 bridgehead atoms. The van der Waals surface area contributed by atoms with Gasteiger partial charge in [-0.05, 0) is 67.6 Å². The number of furan rings is 1. The van der Waals surface area contributed by atoms with Crippen molar-refractivity contribution in [2.45, 2.75) is 6.92 Å². The van der Waals surface area contributed by atoms with Crippen LogP contribution in [0.3, 0.4) is 0 Å². The van der Waals surface area contributed by atoms with Crippen molar-refractivity contribution in [2.24, 2.45) is 0 Å². The van der Waals surface area contributed by atoms with Crippen molar-refractivity contribution in [2.75, 3.05) is 17.6 Å². The molecule has 0 radical (unpaired) electrons. The van der Waals surface area contributed by atoms with Gasteiger partial charge in [-0.2, -0.15) is 0 Å². The summed E-state index contributed by atoms with van der Waals surface area (Å²) in [5, 5.41) is 10.4. The third-order valence-electron chi connectivity index (χ3n) is 7.80. The summed E-state index contributed by atoms with van der Waals surface area (Å²) in [5.41, 5.74) is 5.02. The molecule has 0 fully saturated rings. The van der Waals surface area contributed by atoms with Crippen LogP contribution in [0.2, 0.25) is 0 Å². The predicted molar refractivity (Wildman–Crippen MR) is 167 cm³/mol. The minimum absolute atomic E-state index is 0.225. The molecule has 1 N–H and O–H groups in total. The molecule has 3 aromatic carbocycles. The fourth-order valence-corrected chi connectivity index (χ4v) is 6.13. The van der Waals surface area contributed by atoms with Crippen LogP contribution in [0.15, 0.2) is 89.5 Å². The van der Waals surface area contributed by atoms with Gasteiger partial charge in [-0.25, -0.2) is 22.2 Å². The van der Waals surface area contributed by atoms with Crippen molar-refractivity contribution in [3.63, 3.8) is 0 Å². The average molecular weight is 595 g/mol. The number of hydrogen-bond donors (Lipinski definition) is 1. The minimum Gasteiger partial charge on any atom is -0.455 e. The molecule has 10 heteroatoms. The summed E-state index contributed by atoms with van der Waals surface area (Å²) in [6.07, 6.45) is 2.98. The maximum atomic E-state index is 14.7. The SMILES string of the molecule is CC(=N)c1c(-c2ccc(F)cc2)oc2cc(N(C)S(C)(=O)=O)c(-c3ccc4ccn5c6cccc(F)c6cc5c4n3)cc12. The van der Waals surface area contributed by atoms with E-state index in [0.29, 0.717) is 66.7 Å². The van der Waals surface area contributed by atoms with E-state index in [-0.39, 0.29) is 11.5 Å². The van der Waals surface area contributed by atoms with E-state index in [9.17, 15) is 17.2 Å². The van der Waals surface area contributed by atoms with Gasteiger partial charge >= 0.3 is 0 Å². The van der Waals surface area contributed by atoms with Crippen LogP contribution < -0.4 is 4.31 Å². The van der Waals surface area contributed by atoms with Crippen molar-refractivity contribution >= 4 is 59.7 Å². The molecule has 0 amide bonds. The van der Waals surface area contributed by atoms with E-state index in [2.05, 4.69) is 0 Å². The Kier molecular flexibility index (Phi) is 5.90. The van der Waals surface area contributed by atoms with Crippen LogP contribution in [0.1, 0.15) is 12.5 Å². The lowest BCUT2D eigenvalue weighted by Gasteiger charge is -2.20. The van der Waals surface area contributed by atoms with Crippen LogP contribution >= 0.6 is 0 Å². The van der Waals surface area contributed by atoms with Gasteiger partial charge in [-0.1, -0.05) is 12.1 Å². The first-order valence-corrected chi connectivity index (χ1v) is 15.2. The number of pyridine rings is 2. The van der Waals surface area contributed by atoms with E-state index in [1.165, 1.54) is 25.2 Å². The number of fused-ring (bicyclic) bond motifs is 6. The molecule has 4 aromatic heterocycles. The van der Waals surface area contributed by atoms with Gasteiger partial charge in [0.15, 0.2) is 0 Å². The number of aromatic nitrogens is 2. The monoisotopic (exact) mass is 594 g/mol. The van der Waals surface area contributed by atoms with Gasteiger partial charge in [-0.3, -0.25) is 4.31 Å². The highest BCUT2D eigenvalue weighted by atomic mass is 32.2. The third-order valence-corrected chi connectivity index (χ3v) is 8.99. The molecule has 0 saturated carbocycles. The van der Waals surface area contributed by atoms with E-state index in [4.69, 9.17) is 14.8 Å². The molecule has 0 unspecified atom stereocenters. The molecule has 0 aliphatic carbocycles. The summed E-state index contributed by atoms with van der Waals surface area (Å²) in [7, 11) is -2.24. The molecule has 7 rings (SSSR count). The van der Waals surface area contributed by atoms with E-state index < -0.39 is 15.8 Å². The van der Waals surface area contributed by atoms with Crippen molar-refractivity contribution in [3.05, 3.63) is 102 Å². The van der Waals surface area contributed by atoms with E-state index in [0.717, 1.165) is 15.9 Å². The van der Waals surface area contributed by atoms with Gasteiger partial charge in [0.2, 0.25) is 10.0 Å². The normalized spacial score (nSPS) is 12.1. The summed E-state index contributed by atoms with van der Waals surface area (Å²) >= 11 is 0. The second kappa shape index (κ2) is 9.47. The molecule has 0 atom stereocenters. The smallest absolute Gasteiger partial charge is 0.232 e. The van der Waals surface area contributed by atoms with Gasteiger partial charge in [0.1, 0.15) is 23.0 Å². The van der Waals surface area contributed by atoms with Crippen LogP contribution in [-0.2, 0) is 10.0 Å². The van der Waals surface area contributed by atoms with Crippen molar-refractivity contribution < 1.29 is 21.6 Å². The molecule has 7 nitrogen and oxygen atoms in total. The maximum absolute atomic E-state index is 14.7. The average Bonchev–Trinajstić information content (AvgIpc) is 3.55. The second-order valence-corrected chi connectivity index (χ2v) is 12.6. The number of nitrogens with zero attached hydrogens (tertiary/aromatic N) is 3. The van der Waals surface area contributed by atoms with Crippen molar-refractivity contribution in [1.29, 1.82) is 5.41 Å². The summed E-state index contributed by atoms with van der Waals surface area (Å²) in [6, 6.07) is 21.5. The molecular weight excluding hydrogens is 570 g/mol. The minimum atomic E-state index is -3.70. The Bertz CT molecular complexity index is 2390. The maximum Gasteiger partial charge on any atom is 0.232 e. The van der Waals surface area contributed by atoms with E-state index >= 15 is 0 Å². The largest absolute Gasteiger partial charge is 0.455 e. The number of rotatable bonds is 5. The molecule has 4 heterocycles. The highest BCUT2D eigenvalue weighted by Crippen LogP contribution is 2.41. The zero-order chi connectivity index (χ0) is 30.2. The van der Waals surface area contributed by atoms with Gasteiger partial charge in [0, 0.05) is 57.9 Å². The van der Waals surface area contributed by atoms with Crippen LogP contribution in [0, 0.1) is 17.0 Å². The number of benzene rings is 3. The predicted octanol–water partition coefficient (Wildman–Crippen LogP) is 7.78. The Balaban J connectivity index is 1.54. The Morgan fingerprint density at radius 3 is 2.44 bits per heavy atom. The zero-order valence-corrected chi connectivity index (χ0v) is 24.1. The van der Waals surface area contributed by atoms with Crippen LogP contribution in [0.25, 0.3) is 60.9 Å². The lowest BCUT2D eigenvalue weighted by Crippen LogP contribution is -2.25. The van der Waals surface area contributed by atoms with E-state index in [1.54, 1.807) is 49.4 Å². The standard InChI is InChI=1S/C33H24F2N4O3S/c1-18(36)31-24-15-23(28(38(2)43(3,40)41)17-30(24)42-33(31)20-7-10-21(34)11-8-20)26-12-9-19-13-14-39-27-6-4-5-25(35)22(27)16-29(39)32(19)37-26/h4-17,36H,1-3H3. The molecule has 0 spiro atoms. The van der Waals surface area contributed by atoms with Gasteiger partial charge < -0.3 is 14.2 Å². The Hall–Kier alpha value is -5.09. The highest BCUT2D eigenvalue weighted by molar-refractivity contribution is 7.92. The number of hydrogen-bond acceptors (Lipinski definition) is 5. The Morgan fingerprint density at radius 2 is 1.72 bits per heavy atom. The molecule has 0 saturated heterocycles. The second-order valence-electron chi connectivity index (χ2n) is 10.6. The van der Waals surface area contributed by atoms with Gasteiger partial charge in [0.05, 0.1) is 34.2 Å². The zero-order valence-electron chi connectivity index (χ0n) is 23.3. The summed E-state index contributed by atoms with van der Waals surface area (Å²) in [6.45, 7) is 1.63. The topological polar surface area (TPSA) is 91.7 Å². The third kappa shape index (κ3) is 4.25. The molecule has 0 aliphatic rings. The van der Waals surface area contributed by atoms with Gasteiger partial charge in [-0.15, -0.1) is 0 Å². The Morgan fingerprint density at radius 1 is 0.953 bits per heavy atom. The van der Waals surface area contributed by atoms with E-state index in [1.807, 2.05) is 28.8 Å².